The summed E-state index contributed by atoms with van der Waals surface area (Å²) in [4.78, 5) is 23.0. The van der Waals surface area contributed by atoms with Gasteiger partial charge in [-0.15, -0.1) is 0 Å². The molecule has 9 nitrogen and oxygen atoms in total. The Hall–Kier alpha value is -3.30. The van der Waals surface area contributed by atoms with Gasteiger partial charge in [0, 0.05) is 62.5 Å². The largest absolute Gasteiger partial charge is 0.497 e. The van der Waals surface area contributed by atoms with Crippen molar-refractivity contribution in [1.29, 1.82) is 0 Å². The lowest BCUT2D eigenvalue weighted by molar-refractivity contribution is -0.0660. The lowest BCUT2D eigenvalue weighted by Gasteiger charge is -2.42. The summed E-state index contributed by atoms with van der Waals surface area (Å²) in [7, 11) is 1.64. The van der Waals surface area contributed by atoms with Gasteiger partial charge >= 0.3 is 0 Å². The summed E-state index contributed by atoms with van der Waals surface area (Å²) >= 11 is 0. The molecule has 0 amide bonds. The SMILES string of the molecule is COc1ccnc(Nc2cc(N3CCN(C4COC4)CC3)nc(-c3cccnc3)n2)c1. The molecule has 0 unspecified atom stereocenters. The average molecular weight is 419 g/mol. The molecule has 5 heterocycles. The van der Waals surface area contributed by atoms with E-state index in [1.807, 2.05) is 30.3 Å². The third kappa shape index (κ3) is 4.42. The van der Waals surface area contributed by atoms with Crippen molar-refractivity contribution in [2.45, 2.75) is 6.04 Å². The lowest BCUT2D eigenvalue weighted by atomic mass is 10.2. The van der Waals surface area contributed by atoms with Gasteiger partial charge in [0.2, 0.25) is 0 Å². The molecule has 1 N–H and O–H groups in total. The Morgan fingerprint density at radius 1 is 1.03 bits per heavy atom. The molecule has 0 saturated carbocycles. The number of pyridine rings is 2. The summed E-state index contributed by atoms with van der Waals surface area (Å²) in [6.45, 7) is 5.52. The highest BCUT2D eigenvalue weighted by Crippen LogP contribution is 2.26. The van der Waals surface area contributed by atoms with Crippen LogP contribution in [0.25, 0.3) is 11.4 Å². The lowest BCUT2D eigenvalue weighted by Crippen LogP contribution is -2.56. The molecule has 0 radical (unpaired) electrons. The molecule has 0 bridgehead atoms. The van der Waals surface area contributed by atoms with E-state index in [1.54, 1.807) is 25.7 Å². The molecule has 9 heteroatoms. The number of hydrogen-bond donors (Lipinski definition) is 1. The fourth-order valence-electron chi connectivity index (χ4n) is 3.77. The van der Waals surface area contributed by atoms with Gasteiger partial charge in [0.05, 0.1) is 26.4 Å². The van der Waals surface area contributed by atoms with Crippen LogP contribution in [0.5, 0.6) is 5.75 Å². The summed E-state index contributed by atoms with van der Waals surface area (Å²) in [5.41, 5.74) is 0.872. The predicted molar refractivity (Wildman–Crippen MR) is 118 cm³/mol. The minimum absolute atomic E-state index is 0.565. The molecular weight excluding hydrogens is 394 g/mol. The number of nitrogens with one attached hydrogen (secondary N) is 1. The van der Waals surface area contributed by atoms with Crippen molar-refractivity contribution < 1.29 is 9.47 Å². The Bertz CT molecular complexity index is 1020. The number of methoxy groups -OCH3 is 1. The maximum atomic E-state index is 5.35. The van der Waals surface area contributed by atoms with Crippen molar-refractivity contribution in [1.82, 2.24) is 24.8 Å². The Kier molecular flexibility index (Phi) is 5.59. The van der Waals surface area contributed by atoms with Gasteiger partial charge in [-0.2, -0.15) is 0 Å². The van der Waals surface area contributed by atoms with Crippen LogP contribution in [0.3, 0.4) is 0 Å². The van der Waals surface area contributed by atoms with Gasteiger partial charge < -0.3 is 19.7 Å². The maximum Gasteiger partial charge on any atom is 0.165 e. The van der Waals surface area contributed by atoms with Crippen molar-refractivity contribution in [3.05, 3.63) is 48.9 Å². The number of rotatable bonds is 6. The number of nitrogens with zero attached hydrogens (tertiary/aromatic N) is 6. The molecule has 0 atom stereocenters. The zero-order chi connectivity index (χ0) is 21.0. The van der Waals surface area contributed by atoms with Gasteiger partial charge in [0.1, 0.15) is 23.2 Å². The second kappa shape index (κ2) is 8.83. The minimum atomic E-state index is 0.565. The van der Waals surface area contributed by atoms with Crippen LogP contribution in [-0.4, -0.2) is 77.4 Å². The van der Waals surface area contributed by atoms with Crippen LogP contribution in [0, 0.1) is 0 Å². The monoisotopic (exact) mass is 419 g/mol. The van der Waals surface area contributed by atoms with Crippen LogP contribution >= 0.6 is 0 Å². The molecule has 31 heavy (non-hydrogen) atoms. The second-order valence-electron chi connectivity index (χ2n) is 7.60. The highest BCUT2D eigenvalue weighted by molar-refractivity contribution is 5.64. The topological polar surface area (TPSA) is 88.5 Å². The molecule has 2 aliphatic heterocycles. The Morgan fingerprint density at radius 3 is 2.61 bits per heavy atom. The van der Waals surface area contributed by atoms with Gasteiger partial charge in [-0.3, -0.25) is 9.88 Å². The van der Waals surface area contributed by atoms with E-state index in [4.69, 9.17) is 19.4 Å². The van der Waals surface area contributed by atoms with Crippen LogP contribution < -0.4 is 15.0 Å². The number of piperazine rings is 1. The van der Waals surface area contributed by atoms with E-state index in [1.165, 1.54) is 0 Å². The van der Waals surface area contributed by atoms with E-state index in [2.05, 4.69) is 25.1 Å². The van der Waals surface area contributed by atoms with Gasteiger partial charge in [-0.25, -0.2) is 15.0 Å². The van der Waals surface area contributed by atoms with Crippen LogP contribution in [0.4, 0.5) is 17.5 Å². The Labute approximate surface area is 181 Å². The molecule has 5 rings (SSSR count). The summed E-state index contributed by atoms with van der Waals surface area (Å²) in [6.07, 6.45) is 5.23. The zero-order valence-electron chi connectivity index (χ0n) is 17.4. The van der Waals surface area contributed by atoms with Crippen LogP contribution in [0.2, 0.25) is 0 Å². The van der Waals surface area contributed by atoms with E-state index < -0.39 is 0 Å². The molecule has 3 aromatic heterocycles. The van der Waals surface area contributed by atoms with Gasteiger partial charge in [-0.05, 0) is 18.2 Å². The summed E-state index contributed by atoms with van der Waals surface area (Å²) in [6, 6.07) is 10.0. The molecule has 2 aliphatic rings. The quantitative estimate of drug-likeness (QED) is 0.646. The molecule has 0 aromatic carbocycles. The molecule has 160 valence electrons. The van der Waals surface area contributed by atoms with Crippen molar-refractivity contribution >= 4 is 17.5 Å². The predicted octanol–water partition coefficient (Wildman–Crippen LogP) is 2.21. The van der Waals surface area contributed by atoms with Crippen LogP contribution in [0.15, 0.2) is 48.9 Å². The van der Waals surface area contributed by atoms with E-state index in [9.17, 15) is 0 Å². The highest BCUT2D eigenvalue weighted by Gasteiger charge is 2.29. The fourth-order valence-corrected chi connectivity index (χ4v) is 3.77. The minimum Gasteiger partial charge on any atom is -0.497 e. The first-order valence-corrected chi connectivity index (χ1v) is 10.4. The number of aromatic nitrogens is 4. The summed E-state index contributed by atoms with van der Waals surface area (Å²) in [5.74, 6) is 3.60. The van der Waals surface area contributed by atoms with Crippen LogP contribution in [0.1, 0.15) is 0 Å². The van der Waals surface area contributed by atoms with E-state index in [0.717, 1.165) is 56.5 Å². The molecule has 2 fully saturated rings. The summed E-state index contributed by atoms with van der Waals surface area (Å²) < 4.78 is 10.7. The van der Waals surface area contributed by atoms with E-state index in [0.29, 0.717) is 23.5 Å². The number of anilines is 3. The van der Waals surface area contributed by atoms with Gasteiger partial charge in [-0.1, -0.05) is 0 Å². The smallest absolute Gasteiger partial charge is 0.165 e. The van der Waals surface area contributed by atoms with Crippen molar-refractivity contribution in [3.63, 3.8) is 0 Å². The maximum absolute atomic E-state index is 5.35. The van der Waals surface area contributed by atoms with E-state index in [-0.39, 0.29) is 0 Å². The van der Waals surface area contributed by atoms with Crippen molar-refractivity contribution in [2.75, 3.05) is 56.7 Å². The molecule has 3 aromatic rings. The van der Waals surface area contributed by atoms with E-state index >= 15 is 0 Å². The number of ether oxygens (including phenoxy) is 2. The Morgan fingerprint density at radius 2 is 1.90 bits per heavy atom. The number of hydrogen-bond acceptors (Lipinski definition) is 9. The Balaban J connectivity index is 1.42. The van der Waals surface area contributed by atoms with Crippen molar-refractivity contribution in [3.8, 4) is 17.1 Å². The third-order valence-corrected chi connectivity index (χ3v) is 5.63. The standard InChI is InChI=1S/C22H25N7O2/c1-30-18-4-6-24-19(11-18)25-20-12-21(27-22(26-20)16-3-2-5-23-13-16)29-9-7-28(8-10-29)17-14-31-15-17/h2-6,11-13,17H,7-10,14-15H2,1H3,(H,24,25,26,27). The molecule has 0 aliphatic carbocycles. The molecule has 0 spiro atoms. The van der Waals surface area contributed by atoms with Crippen LogP contribution in [-0.2, 0) is 4.74 Å². The first kappa shape index (κ1) is 19.7. The fraction of sp³-hybridized carbons (Fsp3) is 0.364. The summed E-state index contributed by atoms with van der Waals surface area (Å²) in [5, 5.41) is 3.30. The average Bonchev–Trinajstić information content (AvgIpc) is 2.79. The third-order valence-electron chi connectivity index (χ3n) is 5.63. The zero-order valence-corrected chi connectivity index (χ0v) is 17.4. The van der Waals surface area contributed by atoms with Crippen molar-refractivity contribution in [2.24, 2.45) is 0 Å². The molecular formula is C22H25N7O2. The first-order chi connectivity index (χ1) is 15.3. The second-order valence-corrected chi connectivity index (χ2v) is 7.60. The van der Waals surface area contributed by atoms with Gasteiger partial charge in [0.15, 0.2) is 5.82 Å². The normalized spacial score (nSPS) is 17.3. The van der Waals surface area contributed by atoms with Gasteiger partial charge in [0.25, 0.3) is 0 Å². The highest BCUT2D eigenvalue weighted by atomic mass is 16.5. The first-order valence-electron chi connectivity index (χ1n) is 10.4. The molecule has 2 saturated heterocycles.